The van der Waals surface area contributed by atoms with Crippen LogP contribution in [0.2, 0.25) is 5.02 Å². The first-order valence-electron chi connectivity index (χ1n) is 8.79. The molecule has 2 aromatic carbocycles. The molecule has 3 rings (SSSR count). The fourth-order valence-electron chi connectivity index (χ4n) is 3.15. The van der Waals surface area contributed by atoms with Gasteiger partial charge >= 0.3 is 0 Å². The van der Waals surface area contributed by atoms with E-state index in [4.69, 9.17) is 11.6 Å². The molecule has 0 aliphatic carbocycles. The summed E-state index contributed by atoms with van der Waals surface area (Å²) in [6.45, 7) is 6.43. The van der Waals surface area contributed by atoms with Gasteiger partial charge in [0.2, 0.25) is 0 Å². The number of phenolic OH excluding ortho intramolecular Hbond substituents is 1. The first-order valence-corrected chi connectivity index (χ1v) is 9.17. The molecule has 0 amide bonds. The molecule has 0 fully saturated rings. The third kappa shape index (κ3) is 3.83. The molecule has 0 radical (unpaired) electrons. The molecule has 2 aromatic rings. The number of aryl methyl sites for hydroxylation is 1. The van der Waals surface area contributed by atoms with Gasteiger partial charge in [0.1, 0.15) is 5.75 Å². The Labute approximate surface area is 154 Å². The average molecular weight is 357 g/mol. The lowest BCUT2D eigenvalue weighted by Gasteiger charge is -2.41. The quantitative estimate of drug-likeness (QED) is 0.721. The summed E-state index contributed by atoms with van der Waals surface area (Å²) >= 11 is 6.15. The summed E-state index contributed by atoms with van der Waals surface area (Å²) in [7, 11) is 0. The van der Waals surface area contributed by atoms with Gasteiger partial charge in [-0.15, -0.1) is 0 Å². The van der Waals surface area contributed by atoms with Crippen molar-refractivity contribution in [2.75, 3.05) is 0 Å². The van der Waals surface area contributed by atoms with E-state index in [1.807, 2.05) is 6.07 Å². The predicted octanol–water partition coefficient (Wildman–Crippen LogP) is 5.01. The molecule has 2 atom stereocenters. The van der Waals surface area contributed by atoms with Crippen LogP contribution < -0.4 is 10.6 Å². The van der Waals surface area contributed by atoms with Gasteiger partial charge in [0.15, 0.2) is 0 Å². The Bertz CT molecular complexity index is 785. The van der Waals surface area contributed by atoms with E-state index in [0.29, 0.717) is 5.02 Å². The molecular weight excluding hydrogens is 332 g/mol. The minimum absolute atomic E-state index is 0.120. The number of aromatic hydroxyl groups is 1. The van der Waals surface area contributed by atoms with Crippen molar-refractivity contribution in [1.29, 1.82) is 0 Å². The Balaban J connectivity index is 2.03. The van der Waals surface area contributed by atoms with Crippen LogP contribution in [-0.4, -0.2) is 10.8 Å². The zero-order valence-electron chi connectivity index (χ0n) is 14.9. The van der Waals surface area contributed by atoms with E-state index in [1.54, 1.807) is 12.1 Å². The number of phenols is 1. The maximum atomic E-state index is 10.3. The van der Waals surface area contributed by atoms with Gasteiger partial charge in [-0.2, -0.15) is 0 Å². The molecule has 0 saturated carbocycles. The molecule has 1 heterocycles. The molecule has 132 valence electrons. The first kappa shape index (κ1) is 17.8. The second-order valence-corrected chi connectivity index (χ2v) is 7.20. The first-order chi connectivity index (χ1) is 11.9. The third-order valence-electron chi connectivity index (χ3n) is 4.92. The molecule has 0 saturated heterocycles. The number of halogens is 1. The fraction of sp³-hybridized carbons (Fsp3) is 0.333. The lowest BCUT2D eigenvalue weighted by Crippen LogP contribution is -2.56. The summed E-state index contributed by atoms with van der Waals surface area (Å²) in [6.07, 6.45) is 4.04. The van der Waals surface area contributed by atoms with Gasteiger partial charge in [0.05, 0.1) is 11.7 Å². The number of benzene rings is 2. The third-order valence-corrected chi connectivity index (χ3v) is 5.16. The Hall–Kier alpha value is -1.97. The summed E-state index contributed by atoms with van der Waals surface area (Å²) in [6, 6.07) is 13.7. The Morgan fingerprint density at radius 3 is 2.48 bits per heavy atom. The average Bonchev–Trinajstić information content (AvgIpc) is 2.63. The molecule has 0 spiro atoms. The molecule has 25 heavy (non-hydrogen) atoms. The largest absolute Gasteiger partial charge is 0.508 e. The van der Waals surface area contributed by atoms with Gasteiger partial charge < -0.3 is 10.4 Å². The zero-order valence-corrected chi connectivity index (χ0v) is 15.7. The molecule has 1 aliphatic rings. The molecule has 3 nitrogen and oxygen atoms in total. The highest BCUT2D eigenvalue weighted by molar-refractivity contribution is 6.30. The summed E-state index contributed by atoms with van der Waals surface area (Å²) < 4.78 is 0. The van der Waals surface area contributed by atoms with Crippen molar-refractivity contribution >= 4 is 17.3 Å². The van der Waals surface area contributed by atoms with Crippen molar-refractivity contribution in [3.63, 3.8) is 0 Å². The number of hydrogen-bond acceptors (Lipinski definition) is 3. The highest BCUT2D eigenvalue weighted by Gasteiger charge is 2.31. The second kappa shape index (κ2) is 7.11. The Morgan fingerprint density at radius 2 is 1.84 bits per heavy atom. The maximum Gasteiger partial charge on any atom is 0.120 e. The highest BCUT2D eigenvalue weighted by Crippen LogP contribution is 2.34. The normalized spacial score (nSPS) is 23.0. The van der Waals surface area contributed by atoms with Crippen molar-refractivity contribution in [2.24, 2.45) is 0 Å². The topological polar surface area (TPSA) is 44.3 Å². The minimum Gasteiger partial charge on any atom is -0.508 e. The van der Waals surface area contributed by atoms with Gasteiger partial charge in [0.25, 0.3) is 0 Å². The molecular formula is C21H25ClN2O. The van der Waals surface area contributed by atoms with Crippen LogP contribution in [0.3, 0.4) is 0 Å². The predicted molar refractivity (Wildman–Crippen MR) is 105 cm³/mol. The Morgan fingerprint density at radius 1 is 1.12 bits per heavy atom. The number of rotatable bonds is 4. The molecule has 0 bridgehead atoms. The maximum absolute atomic E-state index is 10.3. The van der Waals surface area contributed by atoms with Gasteiger partial charge in [0, 0.05) is 16.3 Å². The van der Waals surface area contributed by atoms with Crippen LogP contribution in [-0.2, 0) is 6.42 Å². The second-order valence-electron chi connectivity index (χ2n) is 6.77. The van der Waals surface area contributed by atoms with Crippen molar-refractivity contribution in [3.8, 4) is 5.75 Å². The van der Waals surface area contributed by atoms with Gasteiger partial charge in [-0.3, -0.25) is 5.32 Å². The molecule has 3 N–H and O–H groups in total. The van der Waals surface area contributed by atoms with Crippen LogP contribution in [0.25, 0.3) is 5.70 Å². The molecule has 4 heteroatoms. The monoisotopic (exact) mass is 356 g/mol. The molecule has 2 unspecified atom stereocenters. The Kier molecular flexibility index (Phi) is 5.07. The SMILES string of the molecule is CCc1ccc(C2=CC(c3cc(Cl)ccc3O)NC(C)(CC)N2)cc1. The number of hydrogen-bond donors (Lipinski definition) is 3. The van der Waals surface area contributed by atoms with Gasteiger partial charge in [-0.05, 0) is 55.2 Å². The lowest BCUT2D eigenvalue weighted by atomic mass is 9.94. The van der Waals surface area contributed by atoms with Gasteiger partial charge in [-0.1, -0.05) is 49.7 Å². The van der Waals surface area contributed by atoms with Crippen LogP contribution >= 0.6 is 11.6 Å². The van der Waals surface area contributed by atoms with Crippen molar-refractivity contribution in [2.45, 2.75) is 45.3 Å². The van der Waals surface area contributed by atoms with Crippen LogP contribution in [0.15, 0.2) is 48.5 Å². The molecule has 0 aromatic heterocycles. The molecule has 1 aliphatic heterocycles. The van der Waals surface area contributed by atoms with E-state index in [9.17, 15) is 5.11 Å². The van der Waals surface area contributed by atoms with E-state index in [1.165, 1.54) is 5.56 Å². The number of nitrogens with one attached hydrogen (secondary N) is 2. The summed E-state index contributed by atoms with van der Waals surface area (Å²) in [5.41, 5.74) is 4.05. The lowest BCUT2D eigenvalue weighted by molar-refractivity contribution is 0.276. The zero-order chi connectivity index (χ0) is 18.0. The standard InChI is InChI=1S/C21H25ClN2O/c1-4-14-6-8-15(9-7-14)18-13-19(24-21(3,5-2)23-18)17-12-16(22)10-11-20(17)25/h6-13,19,23-25H,4-5H2,1-3H3. The van der Waals surface area contributed by atoms with Gasteiger partial charge in [-0.25, -0.2) is 0 Å². The summed E-state index contributed by atoms with van der Waals surface area (Å²) in [4.78, 5) is 0. The summed E-state index contributed by atoms with van der Waals surface area (Å²) in [5.74, 6) is 0.249. The minimum atomic E-state index is -0.271. The van der Waals surface area contributed by atoms with Crippen molar-refractivity contribution in [1.82, 2.24) is 10.6 Å². The van der Waals surface area contributed by atoms with Crippen LogP contribution in [0.1, 0.15) is 49.9 Å². The van der Waals surface area contributed by atoms with E-state index >= 15 is 0 Å². The van der Waals surface area contributed by atoms with E-state index in [2.05, 4.69) is 61.7 Å². The van der Waals surface area contributed by atoms with E-state index < -0.39 is 0 Å². The fourth-order valence-corrected chi connectivity index (χ4v) is 3.33. The summed E-state index contributed by atoms with van der Waals surface area (Å²) in [5, 5.41) is 18.1. The smallest absolute Gasteiger partial charge is 0.120 e. The van der Waals surface area contributed by atoms with Crippen LogP contribution in [0.4, 0.5) is 0 Å². The van der Waals surface area contributed by atoms with E-state index in [0.717, 1.165) is 29.7 Å². The van der Waals surface area contributed by atoms with Crippen LogP contribution in [0, 0.1) is 0 Å². The van der Waals surface area contributed by atoms with Crippen LogP contribution in [0.5, 0.6) is 5.75 Å². The van der Waals surface area contributed by atoms with Crippen molar-refractivity contribution < 1.29 is 5.11 Å². The van der Waals surface area contributed by atoms with Crippen molar-refractivity contribution in [3.05, 3.63) is 70.3 Å². The highest BCUT2D eigenvalue weighted by atomic mass is 35.5. The van der Waals surface area contributed by atoms with E-state index in [-0.39, 0.29) is 17.5 Å².